The SMILES string of the molecule is CCNc1cnccc1C(=O)N1CC(C)CC(C)C1C. The predicted molar refractivity (Wildman–Crippen MR) is 81.8 cm³/mol. The van der Waals surface area contributed by atoms with Crippen LogP contribution in [0.1, 0.15) is 44.5 Å². The molecule has 1 amide bonds. The number of nitrogens with zero attached hydrogens (tertiary/aromatic N) is 2. The molecule has 3 atom stereocenters. The summed E-state index contributed by atoms with van der Waals surface area (Å²) >= 11 is 0. The largest absolute Gasteiger partial charge is 0.383 e. The van der Waals surface area contributed by atoms with E-state index in [4.69, 9.17) is 0 Å². The van der Waals surface area contributed by atoms with E-state index in [2.05, 4.69) is 31.1 Å². The van der Waals surface area contributed by atoms with E-state index in [1.807, 2.05) is 17.9 Å². The van der Waals surface area contributed by atoms with Crippen molar-refractivity contribution >= 4 is 11.6 Å². The van der Waals surface area contributed by atoms with Crippen molar-refractivity contribution in [1.82, 2.24) is 9.88 Å². The number of likely N-dealkylation sites (tertiary alicyclic amines) is 1. The van der Waals surface area contributed by atoms with E-state index in [1.54, 1.807) is 12.4 Å². The molecular weight excluding hydrogens is 250 g/mol. The lowest BCUT2D eigenvalue weighted by molar-refractivity contribution is 0.0456. The van der Waals surface area contributed by atoms with Gasteiger partial charge in [-0.15, -0.1) is 0 Å². The van der Waals surface area contributed by atoms with Crippen LogP contribution in [0.4, 0.5) is 5.69 Å². The van der Waals surface area contributed by atoms with Gasteiger partial charge in [-0.05, 0) is 38.2 Å². The molecule has 2 rings (SSSR count). The van der Waals surface area contributed by atoms with Gasteiger partial charge in [0, 0.05) is 25.3 Å². The number of rotatable bonds is 3. The summed E-state index contributed by atoms with van der Waals surface area (Å²) in [6.45, 7) is 10.3. The molecule has 1 aromatic heterocycles. The van der Waals surface area contributed by atoms with E-state index in [0.717, 1.165) is 24.3 Å². The van der Waals surface area contributed by atoms with Gasteiger partial charge in [0.25, 0.3) is 5.91 Å². The van der Waals surface area contributed by atoms with Crippen LogP contribution in [0.5, 0.6) is 0 Å². The van der Waals surface area contributed by atoms with Crippen molar-refractivity contribution in [2.24, 2.45) is 11.8 Å². The second-order valence-corrected chi connectivity index (χ2v) is 5.97. The maximum Gasteiger partial charge on any atom is 0.256 e. The van der Waals surface area contributed by atoms with Crippen LogP contribution in [0.25, 0.3) is 0 Å². The number of pyridine rings is 1. The van der Waals surface area contributed by atoms with E-state index < -0.39 is 0 Å². The highest BCUT2D eigenvalue weighted by atomic mass is 16.2. The number of anilines is 1. The number of aromatic nitrogens is 1. The lowest BCUT2D eigenvalue weighted by atomic mass is 9.85. The van der Waals surface area contributed by atoms with E-state index in [-0.39, 0.29) is 5.91 Å². The molecule has 1 N–H and O–H groups in total. The second kappa shape index (κ2) is 6.25. The normalized spacial score (nSPS) is 26.4. The maximum absolute atomic E-state index is 12.9. The molecule has 0 spiro atoms. The molecular formula is C16H25N3O. The van der Waals surface area contributed by atoms with E-state index in [0.29, 0.717) is 17.9 Å². The molecule has 4 heteroatoms. The van der Waals surface area contributed by atoms with Crippen molar-refractivity contribution in [3.8, 4) is 0 Å². The first-order chi connectivity index (χ1) is 9.54. The molecule has 0 aromatic carbocycles. The van der Waals surface area contributed by atoms with Crippen LogP contribution in [-0.4, -0.2) is 34.9 Å². The molecule has 1 saturated heterocycles. The lowest BCUT2D eigenvalue weighted by Crippen LogP contribution is -2.49. The molecule has 20 heavy (non-hydrogen) atoms. The minimum atomic E-state index is 0.120. The van der Waals surface area contributed by atoms with Crippen molar-refractivity contribution in [3.63, 3.8) is 0 Å². The van der Waals surface area contributed by atoms with Crippen molar-refractivity contribution in [3.05, 3.63) is 24.0 Å². The zero-order valence-electron chi connectivity index (χ0n) is 12.9. The molecule has 0 bridgehead atoms. The summed E-state index contributed by atoms with van der Waals surface area (Å²) < 4.78 is 0. The monoisotopic (exact) mass is 275 g/mol. The fraction of sp³-hybridized carbons (Fsp3) is 0.625. The molecule has 1 aromatic rings. The first-order valence-corrected chi connectivity index (χ1v) is 7.53. The van der Waals surface area contributed by atoms with Crippen molar-refractivity contribution in [2.45, 2.75) is 40.2 Å². The van der Waals surface area contributed by atoms with Crippen LogP contribution >= 0.6 is 0 Å². The standard InChI is InChI=1S/C16H25N3O/c1-5-18-15-9-17-7-6-14(15)16(20)19-10-11(2)8-12(3)13(19)4/h6-7,9,11-13,18H,5,8,10H2,1-4H3. The maximum atomic E-state index is 12.9. The van der Waals surface area contributed by atoms with Gasteiger partial charge >= 0.3 is 0 Å². The smallest absolute Gasteiger partial charge is 0.256 e. The Morgan fingerprint density at radius 2 is 2.20 bits per heavy atom. The third kappa shape index (κ3) is 2.94. The van der Waals surface area contributed by atoms with Gasteiger partial charge in [0.2, 0.25) is 0 Å². The van der Waals surface area contributed by atoms with Crippen LogP contribution in [0, 0.1) is 11.8 Å². The van der Waals surface area contributed by atoms with Gasteiger partial charge in [-0.25, -0.2) is 0 Å². The number of carbonyl (C=O) groups excluding carboxylic acids is 1. The van der Waals surface area contributed by atoms with Crippen LogP contribution < -0.4 is 5.32 Å². The average Bonchev–Trinajstić information content (AvgIpc) is 2.43. The quantitative estimate of drug-likeness (QED) is 0.922. The predicted octanol–water partition coefficient (Wildman–Crippen LogP) is 3.02. The second-order valence-electron chi connectivity index (χ2n) is 5.97. The number of piperidine rings is 1. The number of hydrogen-bond donors (Lipinski definition) is 1. The highest BCUT2D eigenvalue weighted by molar-refractivity contribution is 5.99. The van der Waals surface area contributed by atoms with Gasteiger partial charge in [-0.2, -0.15) is 0 Å². The summed E-state index contributed by atoms with van der Waals surface area (Å²) in [6, 6.07) is 2.11. The summed E-state index contributed by atoms with van der Waals surface area (Å²) in [4.78, 5) is 19.0. The first kappa shape index (κ1) is 14.8. The third-order valence-electron chi connectivity index (χ3n) is 4.28. The summed E-state index contributed by atoms with van der Waals surface area (Å²) in [7, 11) is 0. The minimum Gasteiger partial charge on any atom is -0.383 e. The fourth-order valence-corrected chi connectivity index (χ4v) is 3.05. The molecule has 1 aliphatic heterocycles. The van der Waals surface area contributed by atoms with Gasteiger partial charge in [-0.3, -0.25) is 9.78 Å². The Balaban J connectivity index is 2.26. The number of carbonyl (C=O) groups is 1. The average molecular weight is 275 g/mol. The Morgan fingerprint density at radius 1 is 1.45 bits per heavy atom. The Kier molecular flexibility index (Phi) is 4.63. The number of hydrogen-bond acceptors (Lipinski definition) is 3. The van der Waals surface area contributed by atoms with Crippen molar-refractivity contribution < 1.29 is 4.79 Å². The highest BCUT2D eigenvalue weighted by Gasteiger charge is 2.33. The first-order valence-electron chi connectivity index (χ1n) is 7.53. The van der Waals surface area contributed by atoms with E-state index in [9.17, 15) is 4.79 Å². The molecule has 3 unspecified atom stereocenters. The van der Waals surface area contributed by atoms with Crippen molar-refractivity contribution in [1.29, 1.82) is 0 Å². The van der Waals surface area contributed by atoms with Gasteiger partial charge in [0.05, 0.1) is 17.4 Å². The Labute approximate surface area is 121 Å². The Morgan fingerprint density at radius 3 is 2.90 bits per heavy atom. The van der Waals surface area contributed by atoms with E-state index >= 15 is 0 Å². The van der Waals surface area contributed by atoms with Gasteiger partial charge < -0.3 is 10.2 Å². The zero-order valence-corrected chi connectivity index (χ0v) is 12.9. The molecule has 110 valence electrons. The van der Waals surface area contributed by atoms with Crippen LogP contribution in [0.3, 0.4) is 0 Å². The molecule has 0 aliphatic carbocycles. The fourth-order valence-electron chi connectivity index (χ4n) is 3.05. The van der Waals surface area contributed by atoms with Crippen LogP contribution in [-0.2, 0) is 0 Å². The summed E-state index contributed by atoms with van der Waals surface area (Å²) in [6.07, 6.45) is 4.62. The van der Waals surface area contributed by atoms with Crippen LogP contribution in [0.15, 0.2) is 18.5 Å². The zero-order chi connectivity index (χ0) is 14.7. The molecule has 2 heterocycles. The van der Waals surface area contributed by atoms with Gasteiger partial charge in [0.15, 0.2) is 0 Å². The van der Waals surface area contributed by atoms with Gasteiger partial charge in [-0.1, -0.05) is 13.8 Å². The van der Waals surface area contributed by atoms with Gasteiger partial charge in [0.1, 0.15) is 0 Å². The summed E-state index contributed by atoms with van der Waals surface area (Å²) in [5.74, 6) is 1.23. The summed E-state index contributed by atoms with van der Waals surface area (Å²) in [5.41, 5.74) is 1.56. The minimum absolute atomic E-state index is 0.120. The topological polar surface area (TPSA) is 45.2 Å². The molecule has 1 fully saturated rings. The molecule has 1 aliphatic rings. The summed E-state index contributed by atoms with van der Waals surface area (Å²) in [5, 5.41) is 3.22. The number of nitrogens with one attached hydrogen (secondary N) is 1. The molecule has 0 saturated carbocycles. The third-order valence-corrected chi connectivity index (χ3v) is 4.28. The number of amides is 1. The molecule has 0 radical (unpaired) electrons. The van der Waals surface area contributed by atoms with E-state index in [1.165, 1.54) is 6.42 Å². The Hall–Kier alpha value is -1.58. The van der Waals surface area contributed by atoms with Crippen molar-refractivity contribution in [2.75, 3.05) is 18.4 Å². The highest BCUT2D eigenvalue weighted by Crippen LogP contribution is 2.29. The molecule has 4 nitrogen and oxygen atoms in total. The van der Waals surface area contributed by atoms with Crippen LogP contribution in [0.2, 0.25) is 0 Å². The Bertz CT molecular complexity index is 475. The lowest BCUT2D eigenvalue weighted by Gasteiger charge is -2.41.